The number of hydrogen-bond donors (Lipinski definition) is 0. The van der Waals surface area contributed by atoms with Crippen LogP contribution in [0.2, 0.25) is 0 Å². The molecule has 0 fully saturated rings. The molecule has 0 aromatic carbocycles. The minimum absolute atomic E-state index is 0.0625. The van der Waals surface area contributed by atoms with Gasteiger partial charge in [0.15, 0.2) is 6.10 Å². The summed E-state index contributed by atoms with van der Waals surface area (Å²) in [6.45, 7) is 11.5. The topological polar surface area (TPSA) is 78.9 Å². The smallest absolute Gasteiger partial charge is 0.306 e. The second-order valence-electron chi connectivity index (χ2n) is 21.0. The van der Waals surface area contributed by atoms with Crippen LogP contribution in [0.1, 0.15) is 330 Å². The van der Waals surface area contributed by atoms with Crippen molar-refractivity contribution in [2.75, 3.05) is 13.2 Å². The van der Waals surface area contributed by atoms with Crippen LogP contribution in [0.15, 0.2) is 0 Å². The van der Waals surface area contributed by atoms with E-state index in [-0.39, 0.29) is 31.1 Å². The van der Waals surface area contributed by atoms with E-state index in [1.165, 1.54) is 218 Å². The molecule has 0 spiro atoms. The van der Waals surface area contributed by atoms with Gasteiger partial charge in [-0.15, -0.1) is 0 Å². The maximum absolute atomic E-state index is 12.9. The van der Waals surface area contributed by atoms with Gasteiger partial charge in [0.1, 0.15) is 13.2 Å². The summed E-state index contributed by atoms with van der Waals surface area (Å²) in [7, 11) is 0. The van der Waals surface area contributed by atoms with Crippen LogP contribution < -0.4 is 0 Å². The fraction of sp³-hybridized carbons (Fsp3) is 0.949. The zero-order valence-corrected chi connectivity index (χ0v) is 44.6. The minimum atomic E-state index is -0.762. The van der Waals surface area contributed by atoms with Crippen molar-refractivity contribution in [2.24, 2.45) is 11.8 Å². The third-order valence-corrected chi connectivity index (χ3v) is 13.8. The van der Waals surface area contributed by atoms with Crippen LogP contribution in [0.4, 0.5) is 0 Å². The van der Waals surface area contributed by atoms with Gasteiger partial charge in [-0.3, -0.25) is 14.4 Å². The zero-order chi connectivity index (χ0) is 47.5. The van der Waals surface area contributed by atoms with Gasteiger partial charge in [-0.05, 0) is 31.1 Å². The summed E-state index contributed by atoms with van der Waals surface area (Å²) in [4.78, 5) is 38.1. The Hall–Kier alpha value is -1.59. The van der Waals surface area contributed by atoms with Crippen molar-refractivity contribution < 1.29 is 28.6 Å². The number of ether oxygens (including phenoxy) is 3. The molecule has 0 aliphatic heterocycles. The monoisotopic (exact) mass is 919 g/mol. The summed E-state index contributed by atoms with van der Waals surface area (Å²) in [6, 6.07) is 0. The Bertz CT molecular complexity index is 995. The molecule has 65 heavy (non-hydrogen) atoms. The van der Waals surface area contributed by atoms with E-state index >= 15 is 0 Å². The van der Waals surface area contributed by atoms with Gasteiger partial charge in [0, 0.05) is 19.3 Å². The highest BCUT2D eigenvalue weighted by Crippen LogP contribution is 2.19. The van der Waals surface area contributed by atoms with E-state index in [1.54, 1.807) is 0 Å². The third-order valence-electron chi connectivity index (χ3n) is 13.8. The number of rotatable bonds is 53. The molecular formula is C59H114O6. The SMILES string of the molecule is CCCCCCCCCCCCCCCC(=O)OC[C@H](COC(=O)CCCCCCCCCCCCCCCC(C)C)OC(=O)CCCCCCCCCCCCCCCCC(C)CC. The first kappa shape index (κ1) is 63.4. The molecule has 0 amide bonds. The molecule has 0 N–H and O–H groups in total. The van der Waals surface area contributed by atoms with Crippen molar-refractivity contribution >= 4 is 17.9 Å². The standard InChI is InChI=1S/C59H114O6/c1-6-8-9-10-11-12-13-17-24-29-34-39-44-49-57(60)63-52-56(53-64-58(61)50-45-40-35-30-25-21-16-18-22-27-32-37-42-47-54(3)4)65-59(62)51-46-41-36-31-26-20-15-14-19-23-28-33-38-43-48-55(5)7-2/h54-56H,6-53H2,1-5H3/t55?,56-/m1/s1. The lowest BCUT2D eigenvalue weighted by molar-refractivity contribution is -0.167. The van der Waals surface area contributed by atoms with E-state index in [4.69, 9.17) is 14.2 Å². The number of unbranched alkanes of at least 4 members (excludes halogenated alkanes) is 37. The van der Waals surface area contributed by atoms with E-state index < -0.39 is 6.10 Å². The Balaban J connectivity index is 4.30. The van der Waals surface area contributed by atoms with Crippen LogP contribution in [0, 0.1) is 11.8 Å². The molecule has 2 atom stereocenters. The summed E-state index contributed by atoms with van der Waals surface area (Å²) in [6.07, 6.45) is 55.1. The molecule has 386 valence electrons. The molecule has 0 radical (unpaired) electrons. The molecular weight excluding hydrogens is 805 g/mol. The second-order valence-corrected chi connectivity index (χ2v) is 21.0. The van der Waals surface area contributed by atoms with Gasteiger partial charge in [0.2, 0.25) is 0 Å². The maximum atomic E-state index is 12.9. The molecule has 0 aliphatic carbocycles. The summed E-state index contributed by atoms with van der Waals surface area (Å²) in [5.41, 5.74) is 0. The van der Waals surface area contributed by atoms with E-state index in [0.717, 1.165) is 69.6 Å². The van der Waals surface area contributed by atoms with Gasteiger partial charge in [-0.25, -0.2) is 0 Å². The normalized spacial score (nSPS) is 12.5. The van der Waals surface area contributed by atoms with Gasteiger partial charge >= 0.3 is 17.9 Å². The highest BCUT2D eigenvalue weighted by molar-refractivity contribution is 5.71. The third kappa shape index (κ3) is 51.6. The largest absolute Gasteiger partial charge is 0.462 e. The maximum Gasteiger partial charge on any atom is 0.306 e. The predicted octanol–water partition coefficient (Wildman–Crippen LogP) is 19.3. The van der Waals surface area contributed by atoms with Gasteiger partial charge in [-0.2, -0.15) is 0 Å². The Morgan fingerprint density at radius 3 is 0.877 bits per heavy atom. The van der Waals surface area contributed by atoms with Crippen LogP contribution in [0.5, 0.6) is 0 Å². The van der Waals surface area contributed by atoms with Crippen LogP contribution >= 0.6 is 0 Å². The van der Waals surface area contributed by atoms with Crippen LogP contribution in [-0.4, -0.2) is 37.2 Å². The number of carbonyl (C=O) groups is 3. The van der Waals surface area contributed by atoms with Crippen LogP contribution in [0.3, 0.4) is 0 Å². The molecule has 0 aromatic rings. The quantitative estimate of drug-likeness (QED) is 0.0344. The van der Waals surface area contributed by atoms with Crippen molar-refractivity contribution in [1.82, 2.24) is 0 Å². The minimum Gasteiger partial charge on any atom is -0.462 e. The lowest BCUT2D eigenvalue weighted by Gasteiger charge is -2.18. The van der Waals surface area contributed by atoms with Crippen LogP contribution in [-0.2, 0) is 28.6 Å². The molecule has 0 saturated heterocycles. The van der Waals surface area contributed by atoms with E-state index in [0.29, 0.717) is 19.3 Å². The van der Waals surface area contributed by atoms with Crippen molar-refractivity contribution in [3.8, 4) is 0 Å². The number of esters is 3. The predicted molar refractivity (Wildman–Crippen MR) is 280 cm³/mol. The first-order chi connectivity index (χ1) is 31.8. The molecule has 0 rings (SSSR count). The van der Waals surface area contributed by atoms with Gasteiger partial charge in [0.05, 0.1) is 0 Å². The molecule has 0 aromatic heterocycles. The Morgan fingerprint density at radius 1 is 0.323 bits per heavy atom. The fourth-order valence-corrected chi connectivity index (χ4v) is 9.02. The second kappa shape index (κ2) is 51.8. The van der Waals surface area contributed by atoms with Gasteiger partial charge in [-0.1, -0.05) is 291 Å². The molecule has 0 bridgehead atoms. The molecule has 0 saturated carbocycles. The van der Waals surface area contributed by atoms with E-state index in [2.05, 4.69) is 34.6 Å². The molecule has 6 heteroatoms. The number of carbonyl (C=O) groups excluding carboxylic acids is 3. The van der Waals surface area contributed by atoms with Crippen molar-refractivity contribution in [1.29, 1.82) is 0 Å². The Labute approximate surface area is 406 Å². The number of hydrogen-bond acceptors (Lipinski definition) is 6. The zero-order valence-electron chi connectivity index (χ0n) is 44.6. The first-order valence-electron chi connectivity index (χ1n) is 29.3. The average Bonchev–Trinajstić information content (AvgIpc) is 3.29. The van der Waals surface area contributed by atoms with Crippen molar-refractivity contribution in [3.05, 3.63) is 0 Å². The van der Waals surface area contributed by atoms with Crippen molar-refractivity contribution in [2.45, 2.75) is 336 Å². The fourth-order valence-electron chi connectivity index (χ4n) is 9.02. The average molecular weight is 920 g/mol. The van der Waals surface area contributed by atoms with Crippen LogP contribution in [0.25, 0.3) is 0 Å². The van der Waals surface area contributed by atoms with Crippen molar-refractivity contribution in [3.63, 3.8) is 0 Å². The van der Waals surface area contributed by atoms with Gasteiger partial charge in [0.25, 0.3) is 0 Å². The summed E-state index contributed by atoms with van der Waals surface area (Å²) < 4.78 is 16.9. The highest BCUT2D eigenvalue weighted by Gasteiger charge is 2.19. The summed E-state index contributed by atoms with van der Waals surface area (Å²) in [5, 5.41) is 0. The Kier molecular flexibility index (Phi) is 50.5. The molecule has 0 heterocycles. The van der Waals surface area contributed by atoms with Gasteiger partial charge < -0.3 is 14.2 Å². The molecule has 1 unspecified atom stereocenters. The Morgan fingerprint density at radius 2 is 0.585 bits per heavy atom. The summed E-state index contributed by atoms with van der Waals surface area (Å²) >= 11 is 0. The molecule has 6 nitrogen and oxygen atoms in total. The van der Waals surface area contributed by atoms with E-state index in [9.17, 15) is 14.4 Å². The lowest BCUT2D eigenvalue weighted by Crippen LogP contribution is -2.30. The summed E-state index contributed by atoms with van der Waals surface area (Å²) in [5.74, 6) is 0.896. The highest BCUT2D eigenvalue weighted by atomic mass is 16.6. The molecule has 0 aliphatic rings. The first-order valence-corrected chi connectivity index (χ1v) is 29.3. The van der Waals surface area contributed by atoms with E-state index in [1.807, 2.05) is 0 Å². The lowest BCUT2D eigenvalue weighted by atomic mass is 9.99.